The molecule has 8 heteroatoms. The monoisotopic (exact) mass is 392 g/mol. The lowest BCUT2D eigenvalue weighted by Crippen LogP contribution is -2.49. The number of amides is 2. The minimum absolute atomic E-state index is 0.107. The fourth-order valence-electron chi connectivity index (χ4n) is 3.91. The van der Waals surface area contributed by atoms with E-state index in [4.69, 9.17) is 16.3 Å². The minimum atomic E-state index is -0.991. The maximum atomic E-state index is 12.4. The maximum Gasteiger partial charge on any atom is 0.307 e. The van der Waals surface area contributed by atoms with Gasteiger partial charge in [-0.2, -0.15) is 0 Å². The number of fused-ring (bicyclic) bond motifs is 2. The van der Waals surface area contributed by atoms with Crippen LogP contribution < -0.4 is 15.6 Å². The lowest BCUT2D eigenvalue weighted by molar-refractivity contribution is -0.148. The van der Waals surface area contributed by atoms with Crippen LogP contribution in [-0.2, 0) is 14.4 Å². The first-order valence-corrected chi connectivity index (χ1v) is 9.05. The molecule has 3 N–H and O–H groups in total. The Bertz CT molecular complexity index is 799. The van der Waals surface area contributed by atoms with Crippen LogP contribution in [0.3, 0.4) is 0 Å². The number of hydrogen-bond donors (Lipinski definition) is 3. The van der Waals surface area contributed by atoms with Crippen LogP contribution in [-0.4, -0.2) is 29.5 Å². The van der Waals surface area contributed by atoms with Crippen molar-refractivity contribution in [1.29, 1.82) is 0 Å². The number of ether oxygens (including phenoxy) is 1. The summed E-state index contributed by atoms with van der Waals surface area (Å²) in [5.74, 6) is -3.20. The molecule has 0 unspecified atom stereocenters. The number of nitrogens with one attached hydrogen (secondary N) is 2. The number of carboxylic acid groups (broad SMARTS) is 1. The number of aryl methyl sites for hydroxylation is 2. The molecular formula is C19H21ClN2O5. The van der Waals surface area contributed by atoms with E-state index in [2.05, 4.69) is 10.9 Å². The van der Waals surface area contributed by atoms with Crippen LogP contribution in [0.15, 0.2) is 24.3 Å². The molecule has 1 aromatic carbocycles. The van der Waals surface area contributed by atoms with Crippen LogP contribution in [0.4, 0.5) is 0 Å². The van der Waals surface area contributed by atoms with E-state index >= 15 is 0 Å². The number of carbonyl (C=O) groups excluding carboxylic acids is 2. The van der Waals surface area contributed by atoms with Gasteiger partial charge in [0.25, 0.3) is 5.91 Å². The van der Waals surface area contributed by atoms with Gasteiger partial charge in [0, 0.05) is 5.02 Å². The highest BCUT2D eigenvalue weighted by molar-refractivity contribution is 6.32. The summed E-state index contributed by atoms with van der Waals surface area (Å²) in [4.78, 5) is 35.8. The normalized spacial score (nSPS) is 25.3. The van der Waals surface area contributed by atoms with E-state index in [9.17, 15) is 19.5 Å². The van der Waals surface area contributed by atoms with Crippen molar-refractivity contribution in [3.05, 3.63) is 40.4 Å². The van der Waals surface area contributed by atoms with Gasteiger partial charge in [-0.15, -0.1) is 0 Å². The highest BCUT2D eigenvalue weighted by Gasteiger charge is 2.51. The average Bonchev–Trinajstić information content (AvgIpc) is 3.23. The van der Waals surface area contributed by atoms with Gasteiger partial charge in [0.05, 0.1) is 11.8 Å². The molecule has 0 heterocycles. The number of carboxylic acids is 1. The van der Waals surface area contributed by atoms with Crippen LogP contribution in [0.2, 0.25) is 5.02 Å². The van der Waals surface area contributed by atoms with Gasteiger partial charge in [0.2, 0.25) is 5.91 Å². The molecule has 4 atom stereocenters. The van der Waals surface area contributed by atoms with Gasteiger partial charge >= 0.3 is 5.97 Å². The molecule has 1 aromatic rings. The van der Waals surface area contributed by atoms with Crippen molar-refractivity contribution in [2.24, 2.45) is 23.7 Å². The third-order valence-corrected chi connectivity index (χ3v) is 5.75. The Labute approximate surface area is 161 Å². The van der Waals surface area contributed by atoms with Crippen molar-refractivity contribution in [3.8, 4) is 5.75 Å². The Hall–Kier alpha value is -2.54. The van der Waals surface area contributed by atoms with Crippen molar-refractivity contribution in [1.82, 2.24) is 10.9 Å². The number of rotatable bonds is 5. The molecule has 0 spiro atoms. The van der Waals surface area contributed by atoms with Gasteiger partial charge in [0.1, 0.15) is 5.75 Å². The lowest BCUT2D eigenvalue weighted by atomic mass is 9.82. The topological polar surface area (TPSA) is 105 Å². The third-order valence-electron chi connectivity index (χ3n) is 5.15. The first kappa shape index (κ1) is 19.2. The predicted octanol–water partition coefficient (Wildman–Crippen LogP) is 2.01. The first-order valence-electron chi connectivity index (χ1n) is 8.67. The van der Waals surface area contributed by atoms with Gasteiger partial charge in [-0.25, -0.2) is 0 Å². The summed E-state index contributed by atoms with van der Waals surface area (Å²) in [6, 6.07) is 3.44. The number of halogens is 1. The van der Waals surface area contributed by atoms with Gasteiger partial charge in [-0.3, -0.25) is 25.2 Å². The van der Waals surface area contributed by atoms with Gasteiger partial charge in [-0.1, -0.05) is 23.8 Å². The summed E-state index contributed by atoms with van der Waals surface area (Å²) in [5, 5.41) is 10.0. The van der Waals surface area contributed by atoms with E-state index in [-0.39, 0.29) is 18.4 Å². The predicted molar refractivity (Wildman–Crippen MR) is 98.1 cm³/mol. The lowest BCUT2D eigenvalue weighted by Gasteiger charge is -2.23. The average molecular weight is 393 g/mol. The first-order chi connectivity index (χ1) is 12.8. The van der Waals surface area contributed by atoms with Crippen LogP contribution >= 0.6 is 11.6 Å². The molecule has 1 saturated carbocycles. The van der Waals surface area contributed by atoms with Crippen molar-refractivity contribution >= 4 is 29.4 Å². The molecule has 0 saturated heterocycles. The Morgan fingerprint density at radius 2 is 1.70 bits per heavy atom. The smallest absolute Gasteiger partial charge is 0.307 e. The second-order valence-corrected chi connectivity index (χ2v) is 7.41. The van der Waals surface area contributed by atoms with E-state index in [0.29, 0.717) is 17.2 Å². The van der Waals surface area contributed by atoms with E-state index in [0.717, 1.165) is 11.1 Å². The van der Waals surface area contributed by atoms with Gasteiger partial charge < -0.3 is 9.84 Å². The van der Waals surface area contributed by atoms with Crippen molar-refractivity contribution in [3.63, 3.8) is 0 Å². The molecule has 1 fully saturated rings. The highest BCUT2D eigenvalue weighted by atomic mass is 35.5. The number of allylic oxidation sites excluding steroid dienone is 2. The van der Waals surface area contributed by atoms with E-state index < -0.39 is 29.6 Å². The minimum Gasteiger partial charge on any atom is -0.484 e. The Morgan fingerprint density at radius 1 is 1.11 bits per heavy atom. The number of aliphatic carboxylic acids is 1. The van der Waals surface area contributed by atoms with Gasteiger partial charge in [0.15, 0.2) is 6.61 Å². The number of carbonyl (C=O) groups is 3. The summed E-state index contributed by atoms with van der Waals surface area (Å²) in [5.41, 5.74) is 6.28. The number of hydrazine groups is 1. The largest absolute Gasteiger partial charge is 0.484 e. The van der Waals surface area contributed by atoms with Crippen LogP contribution in [0.1, 0.15) is 17.5 Å². The second kappa shape index (κ2) is 7.60. The summed E-state index contributed by atoms with van der Waals surface area (Å²) in [6.07, 6.45) is 4.39. The Balaban J connectivity index is 1.51. The molecule has 0 radical (unpaired) electrons. The molecule has 3 rings (SSSR count). The molecule has 2 aliphatic carbocycles. The molecule has 2 aliphatic rings. The molecule has 0 aromatic heterocycles. The Morgan fingerprint density at radius 3 is 2.30 bits per heavy atom. The zero-order valence-corrected chi connectivity index (χ0v) is 15.7. The molecule has 2 bridgehead atoms. The Kier molecular flexibility index (Phi) is 5.41. The number of benzene rings is 1. The van der Waals surface area contributed by atoms with E-state index in [1.54, 1.807) is 12.1 Å². The quantitative estimate of drug-likeness (QED) is 0.525. The summed E-state index contributed by atoms with van der Waals surface area (Å²) in [7, 11) is 0. The van der Waals surface area contributed by atoms with Crippen LogP contribution in [0.5, 0.6) is 5.75 Å². The molecular weight excluding hydrogens is 372 g/mol. The van der Waals surface area contributed by atoms with Crippen molar-refractivity contribution < 1.29 is 24.2 Å². The fourth-order valence-corrected chi connectivity index (χ4v) is 4.01. The number of hydrogen-bond acceptors (Lipinski definition) is 4. The molecule has 0 aliphatic heterocycles. The summed E-state index contributed by atoms with van der Waals surface area (Å²) >= 11 is 6.09. The third kappa shape index (κ3) is 3.93. The standard InChI is InChI=1S/C19H21ClN2O5/c1-9-5-13(6-10(2)17(9)20)27-8-14(23)21-22-18(24)15-11-3-4-12(7-11)16(15)19(25)26/h3-6,11-12,15-16H,7-8H2,1-2H3,(H,21,23)(H,22,24)(H,25,26)/t11-,12+,15+,16+/m1/s1. The summed E-state index contributed by atoms with van der Waals surface area (Å²) in [6.45, 7) is 3.38. The molecule has 27 heavy (non-hydrogen) atoms. The van der Waals surface area contributed by atoms with Crippen LogP contribution in [0.25, 0.3) is 0 Å². The van der Waals surface area contributed by atoms with E-state index in [1.807, 2.05) is 26.0 Å². The maximum absolute atomic E-state index is 12.4. The fraction of sp³-hybridized carbons (Fsp3) is 0.421. The van der Waals surface area contributed by atoms with E-state index in [1.165, 1.54) is 0 Å². The van der Waals surface area contributed by atoms with Crippen molar-refractivity contribution in [2.45, 2.75) is 20.3 Å². The molecule has 2 amide bonds. The molecule has 144 valence electrons. The zero-order valence-electron chi connectivity index (χ0n) is 15.0. The second-order valence-electron chi connectivity index (χ2n) is 7.04. The van der Waals surface area contributed by atoms with Crippen LogP contribution in [0, 0.1) is 37.5 Å². The summed E-state index contributed by atoms with van der Waals surface area (Å²) < 4.78 is 5.42. The SMILES string of the molecule is Cc1cc(OCC(=O)NNC(=O)[C@@H]2[C@@H](C(=O)O)[C@H]3C=C[C@@H]2C3)cc(C)c1Cl. The highest BCUT2D eigenvalue weighted by Crippen LogP contribution is 2.48. The zero-order chi connectivity index (χ0) is 19.7. The molecule has 7 nitrogen and oxygen atoms in total. The van der Waals surface area contributed by atoms with Gasteiger partial charge in [-0.05, 0) is 55.4 Å². The van der Waals surface area contributed by atoms with Crippen molar-refractivity contribution in [2.75, 3.05) is 6.61 Å².